The molecule has 0 aliphatic rings. The maximum absolute atomic E-state index is 4.40. The lowest BCUT2D eigenvalue weighted by molar-refractivity contribution is 1.30. The average molecular weight is 261 g/mol. The van der Waals surface area contributed by atoms with Crippen molar-refractivity contribution in [3.8, 4) is 0 Å². The summed E-state index contributed by atoms with van der Waals surface area (Å²) < 4.78 is 0. The molecule has 4 aromatic heterocycles. The Labute approximate surface area is 114 Å². The van der Waals surface area contributed by atoms with Crippen LogP contribution < -0.4 is 5.32 Å². The molecule has 0 aliphatic carbocycles. The molecule has 0 amide bonds. The van der Waals surface area contributed by atoms with Gasteiger partial charge in [-0.25, -0.2) is 9.97 Å². The Bertz CT molecular complexity index is 891. The van der Waals surface area contributed by atoms with Crippen molar-refractivity contribution >= 4 is 33.3 Å². The van der Waals surface area contributed by atoms with Gasteiger partial charge in [-0.3, -0.25) is 4.98 Å². The zero-order valence-corrected chi connectivity index (χ0v) is 10.5. The van der Waals surface area contributed by atoms with Crippen molar-refractivity contribution < 1.29 is 0 Å². The first-order valence-corrected chi connectivity index (χ1v) is 6.30. The molecule has 4 rings (SSSR count). The molecule has 0 unspecified atom stereocenters. The van der Waals surface area contributed by atoms with E-state index >= 15 is 0 Å². The van der Waals surface area contributed by atoms with Crippen molar-refractivity contribution in [2.24, 2.45) is 0 Å². The van der Waals surface area contributed by atoms with E-state index in [1.54, 1.807) is 18.6 Å². The van der Waals surface area contributed by atoms with Crippen molar-refractivity contribution in [1.82, 2.24) is 19.9 Å². The molecule has 5 nitrogen and oxygen atoms in total. The quantitative estimate of drug-likeness (QED) is 0.581. The van der Waals surface area contributed by atoms with Crippen LogP contribution >= 0.6 is 0 Å². The van der Waals surface area contributed by atoms with E-state index in [1.165, 1.54) is 0 Å². The van der Waals surface area contributed by atoms with E-state index < -0.39 is 0 Å². The van der Waals surface area contributed by atoms with E-state index in [9.17, 15) is 0 Å². The molecule has 0 saturated heterocycles. The van der Waals surface area contributed by atoms with Crippen molar-refractivity contribution in [3.63, 3.8) is 0 Å². The minimum atomic E-state index is 0.792. The first kappa shape index (κ1) is 10.9. The van der Waals surface area contributed by atoms with Gasteiger partial charge in [0.1, 0.15) is 11.5 Å². The summed E-state index contributed by atoms with van der Waals surface area (Å²) >= 11 is 0. The summed E-state index contributed by atoms with van der Waals surface area (Å²) in [5.74, 6) is 0.792. The van der Waals surface area contributed by atoms with Crippen LogP contribution in [0.1, 0.15) is 0 Å². The van der Waals surface area contributed by atoms with Gasteiger partial charge in [-0.2, -0.15) is 0 Å². The highest BCUT2D eigenvalue weighted by Crippen LogP contribution is 2.27. The maximum atomic E-state index is 4.40. The standard InChI is InChI=1S/C15H11N5/c1-2-11-13(9-19-14(11)17-5-1)20-15-12-8-16-6-3-10(12)4-7-18-15/h1-9H,(H,17,19)(H,18,20). The molecule has 96 valence electrons. The van der Waals surface area contributed by atoms with E-state index in [1.807, 2.05) is 36.7 Å². The van der Waals surface area contributed by atoms with E-state index in [4.69, 9.17) is 0 Å². The van der Waals surface area contributed by atoms with Crippen LogP contribution in [0.4, 0.5) is 11.5 Å². The highest BCUT2D eigenvalue weighted by atomic mass is 15.0. The van der Waals surface area contributed by atoms with Crippen LogP contribution in [0.25, 0.3) is 21.8 Å². The number of H-pyrrole nitrogens is 1. The Hall–Kier alpha value is -2.95. The Morgan fingerprint density at radius 3 is 2.90 bits per heavy atom. The second-order valence-electron chi connectivity index (χ2n) is 4.48. The average Bonchev–Trinajstić information content (AvgIpc) is 2.91. The van der Waals surface area contributed by atoms with Crippen LogP contribution in [0.15, 0.2) is 55.2 Å². The zero-order valence-electron chi connectivity index (χ0n) is 10.5. The number of pyridine rings is 3. The third kappa shape index (κ3) is 1.68. The summed E-state index contributed by atoms with van der Waals surface area (Å²) in [5.41, 5.74) is 1.81. The van der Waals surface area contributed by atoms with Gasteiger partial charge in [0.15, 0.2) is 0 Å². The lowest BCUT2D eigenvalue weighted by atomic mass is 10.2. The third-order valence-electron chi connectivity index (χ3n) is 3.27. The van der Waals surface area contributed by atoms with Crippen LogP contribution in [0, 0.1) is 0 Å². The SMILES string of the molecule is c1cnc2[nH]cc(Nc3nccc4ccncc34)c2c1. The van der Waals surface area contributed by atoms with Crippen molar-refractivity contribution in [3.05, 3.63) is 55.2 Å². The Morgan fingerprint density at radius 2 is 1.90 bits per heavy atom. The molecular formula is C15H11N5. The van der Waals surface area contributed by atoms with Crippen LogP contribution in [0.5, 0.6) is 0 Å². The lowest BCUT2D eigenvalue weighted by Gasteiger charge is -2.07. The summed E-state index contributed by atoms with van der Waals surface area (Å²) in [7, 11) is 0. The topological polar surface area (TPSA) is 66.5 Å². The van der Waals surface area contributed by atoms with Gasteiger partial charge in [0, 0.05) is 41.8 Å². The van der Waals surface area contributed by atoms with E-state index in [-0.39, 0.29) is 0 Å². The fourth-order valence-electron chi connectivity index (χ4n) is 2.30. The van der Waals surface area contributed by atoms with Gasteiger partial charge in [0.25, 0.3) is 0 Å². The fourth-order valence-corrected chi connectivity index (χ4v) is 2.30. The van der Waals surface area contributed by atoms with Crippen LogP contribution in [0.2, 0.25) is 0 Å². The number of nitrogens with zero attached hydrogens (tertiary/aromatic N) is 3. The van der Waals surface area contributed by atoms with Crippen molar-refractivity contribution in [2.75, 3.05) is 5.32 Å². The van der Waals surface area contributed by atoms with E-state index in [0.29, 0.717) is 0 Å². The van der Waals surface area contributed by atoms with Gasteiger partial charge >= 0.3 is 0 Å². The molecule has 2 N–H and O–H groups in total. The molecule has 0 saturated carbocycles. The minimum absolute atomic E-state index is 0.792. The van der Waals surface area contributed by atoms with Crippen LogP contribution in [-0.2, 0) is 0 Å². The molecule has 0 spiro atoms. The van der Waals surface area contributed by atoms with Gasteiger partial charge in [-0.05, 0) is 29.7 Å². The van der Waals surface area contributed by atoms with Crippen LogP contribution in [-0.4, -0.2) is 19.9 Å². The summed E-state index contributed by atoms with van der Waals surface area (Å²) in [6.45, 7) is 0. The molecule has 0 aliphatic heterocycles. The van der Waals surface area contributed by atoms with Gasteiger partial charge < -0.3 is 10.3 Å². The van der Waals surface area contributed by atoms with Gasteiger partial charge in [-0.1, -0.05) is 0 Å². The number of aromatic amines is 1. The zero-order chi connectivity index (χ0) is 13.4. The molecule has 20 heavy (non-hydrogen) atoms. The smallest absolute Gasteiger partial charge is 0.139 e. The number of anilines is 2. The molecule has 4 heterocycles. The number of hydrogen-bond donors (Lipinski definition) is 2. The second kappa shape index (κ2) is 4.31. The van der Waals surface area contributed by atoms with Gasteiger partial charge in [0.05, 0.1) is 5.69 Å². The summed E-state index contributed by atoms with van der Waals surface area (Å²) in [6.07, 6.45) is 9.05. The number of aromatic nitrogens is 4. The van der Waals surface area contributed by atoms with Crippen molar-refractivity contribution in [1.29, 1.82) is 0 Å². The molecule has 5 heteroatoms. The largest absolute Gasteiger partial charge is 0.344 e. The third-order valence-corrected chi connectivity index (χ3v) is 3.27. The fraction of sp³-hybridized carbons (Fsp3) is 0. The number of fused-ring (bicyclic) bond motifs is 2. The predicted octanol–water partition coefficient (Wildman–Crippen LogP) is 3.25. The van der Waals surface area contributed by atoms with E-state index in [2.05, 4.69) is 25.3 Å². The summed E-state index contributed by atoms with van der Waals surface area (Å²) in [5, 5.41) is 6.49. The number of rotatable bonds is 2. The Kier molecular flexibility index (Phi) is 2.35. The van der Waals surface area contributed by atoms with E-state index in [0.717, 1.165) is 33.3 Å². The first-order valence-electron chi connectivity index (χ1n) is 6.30. The van der Waals surface area contributed by atoms with Gasteiger partial charge in [0.2, 0.25) is 0 Å². The summed E-state index contributed by atoms with van der Waals surface area (Å²) in [4.78, 5) is 16.0. The first-order chi connectivity index (χ1) is 9.92. The number of nitrogens with one attached hydrogen (secondary N) is 2. The highest BCUT2D eigenvalue weighted by Gasteiger charge is 2.07. The van der Waals surface area contributed by atoms with Crippen molar-refractivity contribution in [2.45, 2.75) is 0 Å². The molecule has 0 atom stereocenters. The molecular weight excluding hydrogens is 250 g/mol. The minimum Gasteiger partial charge on any atom is -0.344 e. The Morgan fingerprint density at radius 1 is 0.950 bits per heavy atom. The lowest BCUT2D eigenvalue weighted by Crippen LogP contribution is -1.94. The monoisotopic (exact) mass is 261 g/mol. The molecule has 0 aromatic carbocycles. The maximum Gasteiger partial charge on any atom is 0.139 e. The highest BCUT2D eigenvalue weighted by molar-refractivity contribution is 5.97. The van der Waals surface area contributed by atoms with Gasteiger partial charge in [-0.15, -0.1) is 0 Å². The molecule has 0 radical (unpaired) electrons. The normalized spacial score (nSPS) is 11.0. The second-order valence-corrected chi connectivity index (χ2v) is 4.48. The molecule has 4 aromatic rings. The molecule has 0 fully saturated rings. The Balaban J connectivity index is 1.85. The van der Waals surface area contributed by atoms with Crippen LogP contribution in [0.3, 0.4) is 0 Å². The molecule has 0 bridgehead atoms. The predicted molar refractivity (Wildman–Crippen MR) is 78.9 cm³/mol. The number of hydrogen-bond acceptors (Lipinski definition) is 4. The summed E-state index contributed by atoms with van der Waals surface area (Å²) in [6, 6.07) is 7.88.